The summed E-state index contributed by atoms with van der Waals surface area (Å²) in [5.41, 5.74) is 6.02. The lowest BCUT2D eigenvalue weighted by atomic mass is 10.1. The van der Waals surface area contributed by atoms with E-state index < -0.39 is 0 Å². The van der Waals surface area contributed by atoms with Gasteiger partial charge in [0.2, 0.25) is 0 Å². The van der Waals surface area contributed by atoms with Gasteiger partial charge in [0.15, 0.2) is 11.3 Å². The van der Waals surface area contributed by atoms with E-state index in [9.17, 15) is 4.79 Å². The van der Waals surface area contributed by atoms with E-state index in [4.69, 9.17) is 9.97 Å². The fourth-order valence-electron chi connectivity index (χ4n) is 4.29. The van der Waals surface area contributed by atoms with Gasteiger partial charge < -0.3 is 0 Å². The molecule has 0 aliphatic heterocycles. The van der Waals surface area contributed by atoms with E-state index in [0.717, 1.165) is 34.1 Å². The highest BCUT2D eigenvalue weighted by atomic mass is 16.1. The highest BCUT2D eigenvalue weighted by Crippen LogP contribution is 2.25. The molecule has 0 bridgehead atoms. The molecule has 0 aliphatic carbocycles. The maximum atomic E-state index is 13.6. The van der Waals surface area contributed by atoms with Gasteiger partial charge in [-0.05, 0) is 36.6 Å². The summed E-state index contributed by atoms with van der Waals surface area (Å²) in [7, 11) is 0. The molecule has 0 fully saturated rings. The predicted molar refractivity (Wildman–Crippen MR) is 139 cm³/mol. The zero-order valence-electron chi connectivity index (χ0n) is 19.2. The van der Waals surface area contributed by atoms with Gasteiger partial charge in [-0.2, -0.15) is 9.78 Å². The van der Waals surface area contributed by atoms with E-state index in [-0.39, 0.29) is 5.56 Å². The number of para-hydroxylation sites is 2. The summed E-state index contributed by atoms with van der Waals surface area (Å²) in [6, 6.07) is 25.8. The number of hydrogen-bond acceptors (Lipinski definition) is 5. The molecular formula is C28H22N6O. The summed E-state index contributed by atoms with van der Waals surface area (Å²) in [5.74, 6) is 0. The van der Waals surface area contributed by atoms with Crippen molar-refractivity contribution in [1.29, 1.82) is 0 Å². The van der Waals surface area contributed by atoms with Gasteiger partial charge >= 0.3 is 0 Å². The zero-order chi connectivity index (χ0) is 23.8. The highest BCUT2D eigenvalue weighted by Gasteiger charge is 2.19. The lowest BCUT2D eigenvalue weighted by Gasteiger charge is -2.05. The number of aromatic nitrogens is 5. The Morgan fingerprint density at radius 3 is 2.46 bits per heavy atom. The van der Waals surface area contributed by atoms with Gasteiger partial charge in [0.05, 0.1) is 23.6 Å². The maximum Gasteiger partial charge on any atom is 0.265 e. The van der Waals surface area contributed by atoms with Crippen LogP contribution in [0.15, 0.2) is 95.1 Å². The molecule has 0 N–H and O–H groups in total. The monoisotopic (exact) mass is 458 g/mol. The van der Waals surface area contributed by atoms with Gasteiger partial charge in [-0.1, -0.05) is 72.3 Å². The van der Waals surface area contributed by atoms with Gasteiger partial charge in [0, 0.05) is 6.54 Å². The van der Waals surface area contributed by atoms with E-state index in [1.165, 1.54) is 0 Å². The number of rotatable bonds is 5. The largest absolute Gasteiger partial charge is 0.298 e. The summed E-state index contributed by atoms with van der Waals surface area (Å²) in [4.78, 5) is 27.9. The first kappa shape index (κ1) is 20.9. The second-order valence-corrected chi connectivity index (χ2v) is 8.53. The fraction of sp³-hybridized carbons (Fsp3) is 0.107. The van der Waals surface area contributed by atoms with Gasteiger partial charge in [0.25, 0.3) is 5.56 Å². The molecule has 0 atom stereocenters. The quantitative estimate of drug-likeness (QED) is 0.350. The molecule has 3 aromatic carbocycles. The molecule has 3 heterocycles. The van der Waals surface area contributed by atoms with Crippen LogP contribution >= 0.6 is 0 Å². The van der Waals surface area contributed by atoms with Gasteiger partial charge in [-0.15, -0.1) is 0 Å². The molecule has 0 unspecified atom stereocenters. The molecule has 3 aromatic heterocycles. The number of hydrogen-bond donors (Lipinski definition) is 0. The molecule has 0 aliphatic rings. The lowest BCUT2D eigenvalue weighted by molar-refractivity contribution is 0.661. The SMILES string of the molecule is Cc1cccc(/C=N/n2c3nc4ccccc4nc3c3c(=O)n(CCc4ccccc4)cnc32)c1. The van der Waals surface area contributed by atoms with E-state index in [0.29, 0.717) is 28.7 Å². The smallest absolute Gasteiger partial charge is 0.265 e. The highest BCUT2D eigenvalue weighted by molar-refractivity contribution is 6.04. The van der Waals surface area contributed by atoms with Crippen molar-refractivity contribution in [2.45, 2.75) is 19.9 Å². The zero-order valence-corrected chi connectivity index (χ0v) is 19.2. The molecule has 170 valence electrons. The number of aryl methyl sites for hydroxylation is 3. The summed E-state index contributed by atoms with van der Waals surface area (Å²) < 4.78 is 3.26. The molecule has 7 nitrogen and oxygen atoms in total. The number of benzene rings is 3. The molecule has 6 aromatic rings. The van der Waals surface area contributed by atoms with E-state index in [2.05, 4.69) is 22.2 Å². The van der Waals surface area contributed by atoms with Crippen LogP contribution in [0.2, 0.25) is 0 Å². The molecule has 0 saturated heterocycles. The lowest BCUT2D eigenvalue weighted by Crippen LogP contribution is -2.21. The second kappa shape index (κ2) is 8.61. The average Bonchev–Trinajstić information content (AvgIpc) is 3.19. The fourth-order valence-corrected chi connectivity index (χ4v) is 4.29. The van der Waals surface area contributed by atoms with Gasteiger partial charge in [-0.25, -0.2) is 15.0 Å². The van der Waals surface area contributed by atoms with E-state index in [1.54, 1.807) is 21.8 Å². The summed E-state index contributed by atoms with van der Waals surface area (Å²) >= 11 is 0. The molecule has 35 heavy (non-hydrogen) atoms. The van der Waals surface area contributed by atoms with E-state index in [1.807, 2.05) is 73.7 Å². The summed E-state index contributed by atoms with van der Waals surface area (Å²) in [6.07, 6.45) is 4.07. The van der Waals surface area contributed by atoms with Gasteiger partial charge in [0.1, 0.15) is 10.9 Å². The van der Waals surface area contributed by atoms with Crippen molar-refractivity contribution in [3.05, 3.63) is 112 Å². The number of nitrogens with zero attached hydrogens (tertiary/aromatic N) is 6. The third kappa shape index (κ3) is 3.87. The van der Waals surface area contributed by atoms with Gasteiger partial charge in [-0.3, -0.25) is 9.36 Å². The average molecular weight is 459 g/mol. The first-order valence-electron chi connectivity index (χ1n) is 11.5. The molecule has 0 spiro atoms. The Morgan fingerprint density at radius 1 is 0.886 bits per heavy atom. The van der Waals surface area contributed by atoms with Crippen molar-refractivity contribution in [1.82, 2.24) is 24.2 Å². The van der Waals surface area contributed by atoms with Crippen LogP contribution in [0.4, 0.5) is 0 Å². The normalized spacial score (nSPS) is 11.8. The minimum Gasteiger partial charge on any atom is -0.298 e. The minimum atomic E-state index is -0.148. The molecule has 7 heteroatoms. The molecule has 0 saturated carbocycles. The van der Waals surface area contributed by atoms with Crippen LogP contribution in [-0.2, 0) is 13.0 Å². The Hall–Kier alpha value is -4.65. The van der Waals surface area contributed by atoms with Crippen LogP contribution in [-0.4, -0.2) is 30.4 Å². The third-order valence-corrected chi connectivity index (χ3v) is 6.06. The summed E-state index contributed by atoms with van der Waals surface area (Å²) in [5, 5.41) is 5.11. The minimum absolute atomic E-state index is 0.148. The van der Waals surface area contributed by atoms with Crippen molar-refractivity contribution in [3.8, 4) is 0 Å². The Labute approximate surface area is 201 Å². The van der Waals surface area contributed by atoms with Crippen LogP contribution < -0.4 is 5.56 Å². The first-order valence-corrected chi connectivity index (χ1v) is 11.5. The van der Waals surface area contributed by atoms with Crippen molar-refractivity contribution in [3.63, 3.8) is 0 Å². The number of fused-ring (bicyclic) bond motifs is 4. The van der Waals surface area contributed by atoms with Crippen LogP contribution in [0.3, 0.4) is 0 Å². The van der Waals surface area contributed by atoms with Crippen molar-refractivity contribution in [2.75, 3.05) is 0 Å². The predicted octanol–water partition coefficient (Wildman–Crippen LogP) is 4.73. The van der Waals surface area contributed by atoms with Crippen LogP contribution in [0.25, 0.3) is 33.2 Å². The Morgan fingerprint density at radius 2 is 1.66 bits per heavy atom. The topological polar surface area (TPSA) is 78.0 Å². The Kier molecular flexibility index (Phi) is 5.15. The molecular weight excluding hydrogens is 436 g/mol. The Bertz CT molecular complexity index is 1780. The standard InChI is InChI=1S/C28H22N6O/c1-19-8-7-11-21(16-19)17-30-34-26-24(25-27(34)32-23-13-6-5-12-22(23)31-25)28(35)33(18-29-26)15-14-20-9-3-2-4-10-20/h2-13,16-18H,14-15H2,1H3/b30-17+. The van der Waals surface area contributed by atoms with Crippen LogP contribution in [0.1, 0.15) is 16.7 Å². The van der Waals surface area contributed by atoms with Crippen molar-refractivity contribution >= 4 is 39.4 Å². The third-order valence-electron chi connectivity index (χ3n) is 6.06. The van der Waals surface area contributed by atoms with Crippen LogP contribution in [0.5, 0.6) is 0 Å². The van der Waals surface area contributed by atoms with Crippen molar-refractivity contribution in [2.24, 2.45) is 5.10 Å². The first-order chi connectivity index (χ1) is 17.2. The van der Waals surface area contributed by atoms with E-state index >= 15 is 0 Å². The molecule has 0 amide bonds. The molecule has 0 radical (unpaired) electrons. The molecule has 6 rings (SSSR count). The van der Waals surface area contributed by atoms with Crippen LogP contribution in [0, 0.1) is 6.92 Å². The second-order valence-electron chi connectivity index (χ2n) is 8.53. The summed E-state index contributed by atoms with van der Waals surface area (Å²) in [6.45, 7) is 2.56. The maximum absolute atomic E-state index is 13.6. The van der Waals surface area contributed by atoms with Crippen molar-refractivity contribution < 1.29 is 0 Å². The Balaban J connectivity index is 1.54.